The zero-order chi connectivity index (χ0) is 46.6. The van der Waals surface area contributed by atoms with E-state index >= 15 is 0 Å². The summed E-state index contributed by atoms with van der Waals surface area (Å²) in [4.78, 5) is 57.2. The highest BCUT2D eigenvalue weighted by atomic mass is 16.5. The van der Waals surface area contributed by atoms with E-state index in [0.29, 0.717) is 57.6 Å². The summed E-state index contributed by atoms with van der Waals surface area (Å²) in [6, 6.07) is 10.7. The van der Waals surface area contributed by atoms with Gasteiger partial charge in [0.2, 0.25) is 0 Å². The summed E-state index contributed by atoms with van der Waals surface area (Å²) in [5.41, 5.74) is 1.69. The molecule has 2 aromatic rings. The fourth-order valence-corrected chi connectivity index (χ4v) is 7.95. The zero-order valence-corrected chi connectivity index (χ0v) is 38.2. The molecule has 2 aliphatic rings. The monoisotopic (exact) mass is 876 g/mol. The number of ether oxygens (including phenoxy) is 8. The van der Waals surface area contributed by atoms with Gasteiger partial charge in [0.25, 0.3) is 0 Å². The predicted octanol–water partition coefficient (Wildman–Crippen LogP) is 8.84. The molecule has 0 spiro atoms. The summed E-state index contributed by atoms with van der Waals surface area (Å²) < 4.78 is 43.3. The van der Waals surface area contributed by atoms with E-state index in [4.69, 9.17) is 37.9 Å². The van der Waals surface area contributed by atoms with Crippen LogP contribution in [-0.4, -0.2) is 86.1 Å². The molecule has 1 fully saturated rings. The Kier molecular flexibility index (Phi) is 19.4. The number of allylic oxidation sites excluding steroid dienone is 13. The van der Waals surface area contributed by atoms with Gasteiger partial charge in [0.15, 0.2) is 46.1 Å². The molecule has 0 amide bonds. The van der Waals surface area contributed by atoms with Crippen molar-refractivity contribution in [1.29, 1.82) is 0 Å². The first-order valence-corrected chi connectivity index (χ1v) is 20.8. The summed E-state index contributed by atoms with van der Waals surface area (Å²) in [6.45, 7) is 1.82. The zero-order valence-electron chi connectivity index (χ0n) is 38.2. The Morgan fingerprint density at radius 3 is 2.11 bits per heavy atom. The van der Waals surface area contributed by atoms with Crippen molar-refractivity contribution < 1.29 is 57.1 Å². The quantitative estimate of drug-likeness (QED) is 0.0456. The minimum absolute atomic E-state index is 0.139. The Labute approximate surface area is 376 Å². The third kappa shape index (κ3) is 12.9. The number of methoxy groups -OCH3 is 8. The van der Waals surface area contributed by atoms with Gasteiger partial charge in [0.05, 0.1) is 55.7 Å². The molecule has 340 valence electrons. The molecule has 0 heterocycles. The molecule has 4 rings (SSSR count). The molecule has 4 atom stereocenters. The summed E-state index contributed by atoms with van der Waals surface area (Å²) in [6.07, 6.45) is 23.3. The Morgan fingerprint density at radius 2 is 1.48 bits per heavy atom. The van der Waals surface area contributed by atoms with Crippen LogP contribution in [0.2, 0.25) is 0 Å². The molecule has 0 bridgehead atoms. The van der Waals surface area contributed by atoms with Gasteiger partial charge in [0.1, 0.15) is 23.9 Å². The van der Waals surface area contributed by atoms with E-state index < -0.39 is 23.4 Å². The normalized spacial score (nSPS) is 19.9. The molecule has 0 saturated heterocycles. The van der Waals surface area contributed by atoms with E-state index in [-0.39, 0.29) is 48.8 Å². The van der Waals surface area contributed by atoms with Gasteiger partial charge in [0, 0.05) is 31.3 Å². The smallest absolute Gasteiger partial charge is 0.166 e. The Morgan fingerprint density at radius 1 is 0.781 bits per heavy atom. The first-order valence-electron chi connectivity index (χ1n) is 20.8. The molecular weight excluding hydrogens is 817 g/mol. The van der Waals surface area contributed by atoms with Crippen LogP contribution in [0.1, 0.15) is 43.7 Å². The summed E-state index contributed by atoms with van der Waals surface area (Å²) in [7, 11) is 12.3. The van der Waals surface area contributed by atoms with Gasteiger partial charge in [-0.15, -0.1) is 0 Å². The Bertz CT molecular complexity index is 2270. The number of carbonyl (C=O) groups is 4. The standard InChI is InChI=1S/C52H60O12/c1-10-38(20-22-40(58-3)34-57-2)52(29-28-41(45(56)33-52)43(54)23-15-37-19-27-49(62-7)51(31-37)64-9)42(44(55)13-11-12-36-18-26-48(61-6)50(30-36)63-8)32-39(53)21-14-35-16-24-46(59-4)47(60-5)25-17-35/h10-11,13-27,30-31,34,41-42,46H,12,28-29,32-33H2,1-9H3/b13-11+,21-14+,22-20-,23-15+,38-10+,40-34-. The minimum Gasteiger partial charge on any atom is -0.501 e. The number of hydrogen-bond donors (Lipinski definition) is 0. The summed E-state index contributed by atoms with van der Waals surface area (Å²) >= 11 is 0. The molecule has 2 aliphatic carbocycles. The second-order valence-electron chi connectivity index (χ2n) is 15.0. The molecule has 4 unspecified atom stereocenters. The van der Waals surface area contributed by atoms with E-state index in [2.05, 4.69) is 0 Å². The second-order valence-corrected chi connectivity index (χ2v) is 15.0. The SMILES string of the molecule is C\C=C(/C=C\C(=C\OC)OC)C1(C(CC(=O)/C=C/C2=CC=C(OC)C(OC)C=C2)C(=O)/C=C/Cc2ccc(OC)c(OC)c2)CCC(C(=O)/C=C/c2ccc(OC)c(OC)c2)C(=O)C1. The first-order chi connectivity index (χ1) is 30.9. The van der Waals surface area contributed by atoms with Crippen LogP contribution in [0.3, 0.4) is 0 Å². The fraction of sp³-hybridized carbons (Fsp3) is 0.346. The maximum absolute atomic E-state index is 14.8. The second kappa shape index (κ2) is 24.8. The Balaban J connectivity index is 1.78. The highest BCUT2D eigenvalue weighted by molar-refractivity contribution is 6.10. The molecule has 2 aromatic carbocycles. The lowest BCUT2D eigenvalue weighted by Gasteiger charge is -2.44. The van der Waals surface area contributed by atoms with Crippen LogP contribution in [0.25, 0.3) is 6.08 Å². The van der Waals surface area contributed by atoms with E-state index in [9.17, 15) is 19.2 Å². The van der Waals surface area contributed by atoms with E-state index in [1.807, 2.05) is 37.3 Å². The Hall–Kier alpha value is -6.66. The minimum atomic E-state index is -1.20. The number of rotatable bonds is 23. The molecule has 0 N–H and O–H groups in total. The molecule has 12 heteroatoms. The predicted molar refractivity (Wildman–Crippen MR) is 246 cm³/mol. The van der Waals surface area contributed by atoms with Gasteiger partial charge in [-0.25, -0.2) is 0 Å². The van der Waals surface area contributed by atoms with Gasteiger partial charge in [-0.05, 0) is 109 Å². The van der Waals surface area contributed by atoms with Gasteiger partial charge in [-0.1, -0.05) is 54.7 Å². The number of benzene rings is 2. The van der Waals surface area contributed by atoms with Crippen LogP contribution in [-0.2, 0) is 44.5 Å². The number of hydrogen-bond acceptors (Lipinski definition) is 12. The van der Waals surface area contributed by atoms with Crippen molar-refractivity contribution in [2.24, 2.45) is 17.3 Å². The third-order valence-electron chi connectivity index (χ3n) is 11.4. The lowest BCUT2D eigenvalue weighted by atomic mass is 9.56. The van der Waals surface area contributed by atoms with Gasteiger partial charge >= 0.3 is 0 Å². The number of Topliss-reactive ketones (excluding diaryl/α,β-unsaturated/α-hetero) is 1. The molecule has 0 radical (unpaired) electrons. The third-order valence-corrected chi connectivity index (χ3v) is 11.4. The van der Waals surface area contributed by atoms with Crippen LogP contribution in [0, 0.1) is 17.3 Å². The molecular formula is C52H60O12. The van der Waals surface area contributed by atoms with Crippen molar-refractivity contribution in [3.63, 3.8) is 0 Å². The van der Waals surface area contributed by atoms with Crippen LogP contribution >= 0.6 is 0 Å². The number of carbonyl (C=O) groups excluding carboxylic acids is 4. The highest BCUT2D eigenvalue weighted by Crippen LogP contribution is 2.51. The first kappa shape index (κ1) is 50.0. The molecule has 0 aromatic heterocycles. The van der Waals surface area contributed by atoms with Crippen molar-refractivity contribution in [3.8, 4) is 23.0 Å². The molecule has 12 nitrogen and oxygen atoms in total. The molecule has 64 heavy (non-hydrogen) atoms. The van der Waals surface area contributed by atoms with E-state index in [0.717, 1.165) is 5.56 Å². The fourth-order valence-electron chi connectivity index (χ4n) is 7.95. The van der Waals surface area contributed by atoms with E-state index in [1.165, 1.54) is 52.9 Å². The maximum Gasteiger partial charge on any atom is 0.166 e. The summed E-state index contributed by atoms with van der Waals surface area (Å²) in [5, 5.41) is 0. The van der Waals surface area contributed by atoms with Crippen molar-refractivity contribution >= 4 is 29.2 Å². The van der Waals surface area contributed by atoms with Crippen molar-refractivity contribution in [1.82, 2.24) is 0 Å². The highest BCUT2D eigenvalue weighted by Gasteiger charge is 2.50. The molecule has 0 aliphatic heterocycles. The topological polar surface area (TPSA) is 142 Å². The summed E-state index contributed by atoms with van der Waals surface area (Å²) in [5.74, 6) is -0.210. The lowest BCUT2D eigenvalue weighted by Crippen LogP contribution is -2.45. The van der Waals surface area contributed by atoms with Crippen LogP contribution in [0.5, 0.6) is 23.0 Å². The van der Waals surface area contributed by atoms with Crippen molar-refractivity contribution in [2.45, 2.75) is 45.1 Å². The molecule has 1 saturated carbocycles. The van der Waals surface area contributed by atoms with Crippen LogP contribution < -0.4 is 18.9 Å². The maximum atomic E-state index is 14.8. The lowest BCUT2D eigenvalue weighted by molar-refractivity contribution is -0.138. The van der Waals surface area contributed by atoms with Gasteiger partial charge < -0.3 is 37.9 Å². The van der Waals surface area contributed by atoms with Crippen LogP contribution in [0.4, 0.5) is 0 Å². The van der Waals surface area contributed by atoms with Gasteiger partial charge in [-0.2, -0.15) is 0 Å². The average Bonchev–Trinajstić information content (AvgIpc) is 3.52. The average molecular weight is 877 g/mol. The van der Waals surface area contributed by atoms with Crippen LogP contribution in [0.15, 0.2) is 138 Å². The largest absolute Gasteiger partial charge is 0.501 e. The van der Waals surface area contributed by atoms with E-state index in [1.54, 1.807) is 95.2 Å². The van der Waals surface area contributed by atoms with Crippen molar-refractivity contribution in [2.75, 3.05) is 56.9 Å². The van der Waals surface area contributed by atoms with Crippen molar-refractivity contribution in [3.05, 3.63) is 149 Å². The number of ketones is 4. The van der Waals surface area contributed by atoms with Gasteiger partial charge in [-0.3, -0.25) is 19.2 Å².